The molecule has 16 heavy (non-hydrogen) atoms. The average Bonchev–Trinajstić information content (AvgIpc) is 2.46. The van der Waals surface area contributed by atoms with Crippen LogP contribution < -0.4 is 5.73 Å². The van der Waals surface area contributed by atoms with E-state index in [0.29, 0.717) is 0 Å². The Labute approximate surface area is 89.0 Å². The lowest BCUT2D eigenvalue weighted by Gasteiger charge is -2.25. The Kier molecular flexibility index (Phi) is 3.13. The predicted molar refractivity (Wildman–Crippen MR) is 46.0 cm³/mol. The van der Waals surface area contributed by atoms with Crippen LogP contribution in [-0.2, 0) is 9.59 Å². The van der Waals surface area contributed by atoms with Crippen LogP contribution in [0.25, 0.3) is 0 Å². The van der Waals surface area contributed by atoms with Gasteiger partial charge in [-0.1, -0.05) is 0 Å². The largest absolute Gasteiger partial charge is 0.419 e. The molecule has 0 saturated carbocycles. The summed E-state index contributed by atoms with van der Waals surface area (Å²) in [6, 6.07) is 0. The molecule has 1 atom stereocenters. The molecular formula is C8H11F3N2O3. The van der Waals surface area contributed by atoms with Gasteiger partial charge >= 0.3 is 6.18 Å². The molecule has 5 nitrogen and oxygen atoms in total. The van der Waals surface area contributed by atoms with Crippen molar-refractivity contribution in [3.8, 4) is 0 Å². The van der Waals surface area contributed by atoms with Gasteiger partial charge in [-0.05, 0) is 0 Å². The van der Waals surface area contributed by atoms with Crippen LogP contribution >= 0.6 is 0 Å². The number of amides is 2. The fourth-order valence-corrected chi connectivity index (χ4v) is 1.50. The topological polar surface area (TPSA) is 83.6 Å². The van der Waals surface area contributed by atoms with Crippen LogP contribution in [0.1, 0.15) is 12.8 Å². The molecule has 1 aliphatic heterocycles. The van der Waals surface area contributed by atoms with E-state index in [2.05, 4.69) is 0 Å². The monoisotopic (exact) mass is 240 g/mol. The molecule has 0 aliphatic carbocycles. The zero-order chi connectivity index (χ0) is 12.6. The third-order valence-corrected chi connectivity index (χ3v) is 2.45. The van der Waals surface area contributed by atoms with Crippen LogP contribution in [0.3, 0.4) is 0 Å². The van der Waals surface area contributed by atoms with Crippen molar-refractivity contribution in [2.24, 2.45) is 5.73 Å². The smallest absolute Gasteiger partial charge is 0.379 e. The summed E-state index contributed by atoms with van der Waals surface area (Å²) in [7, 11) is 0. The normalized spacial score (nSPS) is 25.9. The molecule has 1 fully saturated rings. The van der Waals surface area contributed by atoms with Crippen LogP contribution in [0.15, 0.2) is 0 Å². The van der Waals surface area contributed by atoms with Crippen LogP contribution in [0, 0.1) is 0 Å². The van der Waals surface area contributed by atoms with Crippen molar-refractivity contribution < 1.29 is 27.9 Å². The van der Waals surface area contributed by atoms with Crippen molar-refractivity contribution in [1.82, 2.24) is 4.90 Å². The van der Waals surface area contributed by atoms with E-state index in [4.69, 9.17) is 5.73 Å². The number of aliphatic hydroxyl groups is 1. The quantitative estimate of drug-likeness (QED) is 0.631. The van der Waals surface area contributed by atoms with Gasteiger partial charge in [0.1, 0.15) is 6.42 Å². The summed E-state index contributed by atoms with van der Waals surface area (Å²) in [4.78, 5) is 22.4. The first kappa shape index (κ1) is 12.8. The summed E-state index contributed by atoms with van der Waals surface area (Å²) >= 11 is 0. The van der Waals surface area contributed by atoms with E-state index in [1.807, 2.05) is 0 Å². The number of carbonyl (C=O) groups excluding carboxylic acids is 2. The van der Waals surface area contributed by atoms with E-state index >= 15 is 0 Å². The highest BCUT2D eigenvalue weighted by Crippen LogP contribution is 2.37. The molecular weight excluding hydrogens is 229 g/mol. The molecule has 92 valence electrons. The van der Waals surface area contributed by atoms with E-state index in [1.165, 1.54) is 0 Å². The number of rotatable bonds is 2. The second-order valence-electron chi connectivity index (χ2n) is 3.74. The summed E-state index contributed by atoms with van der Waals surface area (Å²) in [5.41, 5.74) is 1.87. The second-order valence-corrected chi connectivity index (χ2v) is 3.74. The Morgan fingerprint density at radius 1 is 1.44 bits per heavy atom. The highest BCUT2D eigenvalue weighted by molar-refractivity contribution is 5.96. The Bertz CT molecular complexity index is 318. The van der Waals surface area contributed by atoms with Crippen molar-refractivity contribution in [2.75, 3.05) is 13.1 Å². The van der Waals surface area contributed by atoms with E-state index in [9.17, 15) is 27.9 Å². The Balaban J connectivity index is 2.65. The van der Waals surface area contributed by atoms with E-state index in [-0.39, 0.29) is 6.54 Å². The fourth-order valence-electron chi connectivity index (χ4n) is 1.50. The maximum Gasteiger partial charge on any atom is 0.419 e. The SMILES string of the molecule is NC(=O)CC(=O)N1CCC(O)(C(F)(F)F)C1. The van der Waals surface area contributed by atoms with E-state index < -0.39 is 43.0 Å². The summed E-state index contributed by atoms with van der Waals surface area (Å²) in [6.07, 6.45) is -6.01. The van der Waals surface area contributed by atoms with Gasteiger partial charge in [-0.3, -0.25) is 9.59 Å². The van der Waals surface area contributed by atoms with E-state index in [1.54, 1.807) is 0 Å². The lowest BCUT2D eigenvalue weighted by Crippen LogP contribution is -2.48. The van der Waals surface area contributed by atoms with E-state index in [0.717, 1.165) is 4.90 Å². The third kappa shape index (κ3) is 2.43. The first-order chi connectivity index (χ1) is 7.16. The minimum atomic E-state index is -4.78. The van der Waals surface area contributed by atoms with Crippen molar-refractivity contribution in [3.05, 3.63) is 0 Å². The van der Waals surface area contributed by atoms with Crippen molar-refractivity contribution in [2.45, 2.75) is 24.6 Å². The van der Waals surface area contributed by atoms with Gasteiger partial charge in [0.15, 0.2) is 5.60 Å². The number of nitrogens with zero attached hydrogens (tertiary/aromatic N) is 1. The highest BCUT2D eigenvalue weighted by atomic mass is 19.4. The molecule has 0 spiro atoms. The molecule has 0 bridgehead atoms. The molecule has 0 aromatic rings. The number of hydrogen-bond donors (Lipinski definition) is 2. The molecule has 8 heteroatoms. The number of nitrogens with two attached hydrogens (primary N) is 1. The van der Waals surface area contributed by atoms with Crippen LogP contribution in [0.2, 0.25) is 0 Å². The number of alkyl halides is 3. The zero-order valence-electron chi connectivity index (χ0n) is 8.25. The van der Waals surface area contributed by atoms with Crippen molar-refractivity contribution in [1.29, 1.82) is 0 Å². The molecule has 1 aliphatic rings. The number of likely N-dealkylation sites (tertiary alicyclic amines) is 1. The molecule has 3 N–H and O–H groups in total. The highest BCUT2D eigenvalue weighted by Gasteiger charge is 2.57. The van der Waals surface area contributed by atoms with Crippen molar-refractivity contribution in [3.63, 3.8) is 0 Å². The Morgan fingerprint density at radius 3 is 2.38 bits per heavy atom. The summed E-state index contributed by atoms with van der Waals surface area (Å²) < 4.78 is 37.1. The maximum absolute atomic E-state index is 12.4. The number of hydrogen-bond acceptors (Lipinski definition) is 3. The van der Waals surface area contributed by atoms with Gasteiger partial charge in [0.25, 0.3) is 0 Å². The zero-order valence-corrected chi connectivity index (χ0v) is 8.25. The molecule has 1 unspecified atom stereocenters. The molecule has 0 radical (unpaired) electrons. The van der Waals surface area contributed by atoms with Crippen molar-refractivity contribution >= 4 is 11.8 Å². The standard InChI is InChI=1S/C8H11F3N2O3/c9-8(10,11)7(16)1-2-13(4-7)6(15)3-5(12)14/h16H,1-4H2,(H2,12,14). The Morgan fingerprint density at radius 2 is 2.00 bits per heavy atom. The van der Waals surface area contributed by atoms with Gasteiger partial charge < -0.3 is 15.7 Å². The molecule has 1 rings (SSSR count). The summed E-state index contributed by atoms with van der Waals surface area (Å²) in [6.45, 7) is -1.08. The summed E-state index contributed by atoms with van der Waals surface area (Å²) in [5.74, 6) is -1.71. The van der Waals surface area contributed by atoms with Gasteiger partial charge in [0.05, 0.1) is 6.54 Å². The summed E-state index contributed by atoms with van der Waals surface area (Å²) in [5, 5.41) is 9.25. The van der Waals surface area contributed by atoms with Gasteiger partial charge in [-0.2, -0.15) is 13.2 Å². The number of carbonyl (C=O) groups is 2. The van der Waals surface area contributed by atoms with Gasteiger partial charge in [0, 0.05) is 13.0 Å². The predicted octanol–water partition coefficient (Wildman–Crippen LogP) is -0.613. The fraction of sp³-hybridized carbons (Fsp3) is 0.750. The number of halogens is 3. The minimum absolute atomic E-state index is 0.234. The molecule has 1 heterocycles. The van der Waals surface area contributed by atoms with Gasteiger partial charge in [-0.15, -0.1) is 0 Å². The molecule has 2 amide bonds. The first-order valence-electron chi connectivity index (χ1n) is 4.51. The molecule has 1 saturated heterocycles. The molecule has 0 aromatic heterocycles. The van der Waals surface area contributed by atoms with Gasteiger partial charge in [-0.25, -0.2) is 0 Å². The lowest BCUT2D eigenvalue weighted by atomic mass is 10.0. The lowest BCUT2D eigenvalue weighted by molar-refractivity contribution is -0.253. The second kappa shape index (κ2) is 3.93. The van der Waals surface area contributed by atoms with Crippen LogP contribution in [-0.4, -0.2) is 46.7 Å². The molecule has 0 aromatic carbocycles. The number of primary amides is 1. The number of β-amino-alcohol motifs (C(OH)–C–C–N with tert-alkyl or cyclic N) is 1. The Hall–Kier alpha value is -1.31. The van der Waals surface area contributed by atoms with Gasteiger partial charge in [0.2, 0.25) is 11.8 Å². The third-order valence-electron chi connectivity index (χ3n) is 2.45. The van der Waals surface area contributed by atoms with Crippen LogP contribution in [0.5, 0.6) is 0 Å². The minimum Gasteiger partial charge on any atom is -0.379 e. The van der Waals surface area contributed by atoms with Crippen LogP contribution in [0.4, 0.5) is 13.2 Å². The first-order valence-corrected chi connectivity index (χ1v) is 4.51. The maximum atomic E-state index is 12.4. The average molecular weight is 240 g/mol.